The topological polar surface area (TPSA) is 67.4 Å². The molecule has 2 amide bonds. The number of allylic oxidation sites excluding steroid dienone is 1. The molecular formula is C23H31FN2O3S. The molecule has 1 unspecified atom stereocenters. The summed E-state index contributed by atoms with van der Waals surface area (Å²) >= 11 is 1.45. The summed E-state index contributed by atoms with van der Waals surface area (Å²) in [5, 5.41) is 2.41. The van der Waals surface area contributed by atoms with Gasteiger partial charge in [-0.3, -0.25) is 19.6 Å². The molecule has 3 rings (SSSR count). The zero-order valence-electron chi connectivity index (χ0n) is 17.7. The average molecular weight is 435 g/mol. The van der Waals surface area contributed by atoms with Crippen LogP contribution in [-0.2, 0) is 9.59 Å². The van der Waals surface area contributed by atoms with Crippen molar-refractivity contribution in [3.63, 3.8) is 0 Å². The zero-order chi connectivity index (χ0) is 21.6. The van der Waals surface area contributed by atoms with Gasteiger partial charge in [0.25, 0.3) is 0 Å². The Balaban J connectivity index is 1.39. The minimum absolute atomic E-state index is 0.0485. The van der Waals surface area contributed by atoms with Crippen LogP contribution in [0.1, 0.15) is 58.8 Å². The third-order valence-electron chi connectivity index (χ3n) is 5.32. The molecule has 1 saturated heterocycles. The van der Waals surface area contributed by atoms with Gasteiger partial charge in [-0.1, -0.05) is 12.2 Å². The predicted molar refractivity (Wildman–Crippen MR) is 117 cm³/mol. The molecule has 5 nitrogen and oxygen atoms in total. The van der Waals surface area contributed by atoms with E-state index in [1.54, 1.807) is 12.1 Å². The summed E-state index contributed by atoms with van der Waals surface area (Å²) in [7, 11) is 0. The van der Waals surface area contributed by atoms with E-state index in [0.717, 1.165) is 24.2 Å². The lowest BCUT2D eigenvalue weighted by molar-refractivity contribution is -0.136. The zero-order valence-corrected chi connectivity index (χ0v) is 18.5. The van der Waals surface area contributed by atoms with Gasteiger partial charge >= 0.3 is 0 Å². The second-order valence-electron chi connectivity index (χ2n) is 8.75. The van der Waals surface area contributed by atoms with Gasteiger partial charge < -0.3 is 4.74 Å². The third-order valence-corrected chi connectivity index (χ3v) is 6.44. The van der Waals surface area contributed by atoms with E-state index >= 15 is 0 Å². The standard InChI is InChI=1S/C23H31FN2O3S/c1-23(2,13-5-3-4-6-17-9-12-21(27)25-22(17)28)26-30-18-10-11-19(24)20(14-18)29-15-16-7-8-16/h5,10-11,13-14,16-17,26H,3-4,6-9,12,15H2,1-2H3,(H,25,27,28)/b13-5+. The summed E-state index contributed by atoms with van der Waals surface area (Å²) in [4.78, 5) is 23.9. The van der Waals surface area contributed by atoms with Gasteiger partial charge in [0.1, 0.15) is 0 Å². The van der Waals surface area contributed by atoms with E-state index in [-0.39, 0.29) is 29.1 Å². The molecule has 0 aromatic heterocycles. The summed E-state index contributed by atoms with van der Waals surface area (Å²) in [5.41, 5.74) is -0.247. The maximum atomic E-state index is 13.9. The van der Waals surface area contributed by atoms with Crippen LogP contribution in [0.25, 0.3) is 0 Å². The molecule has 1 aliphatic carbocycles. The van der Waals surface area contributed by atoms with Crippen LogP contribution in [0, 0.1) is 17.7 Å². The molecule has 1 aromatic carbocycles. The quantitative estimate of drug-likeness (QED) is 0.227. The highest BCUT2D eigenvalue weighted by atomic mass is 32.2. The van der Waals surface area contributed by atoms with Crippen LogP contribution < -0.4 is 14.8 Å². The minimum Gasteiger partial charge on any atom is -0.490 e. The van der Waals surface area contributed by atoms with E-state index in [1.165, 1.54) is 30.9 Å². The van der Waals surface area contributed by atoms with E-state index in [0.29, 0.717) is 31.1 Å². The number of nitrogens with one attached hydrogen (secondary N) is 2. The number of piperidine rings is 1. The van der Waals surface area contributed by atoms with Crippen LogP contribution >= 0.6 is 11.9 Å². The molecule has 1 atom stereocenters. The molecule has 1 aromatic rings. The fourth-order valence-electron chi connectivity index (χ4n) is 3.25. The lowest BCUT2D eigenvalue weighted by atomic mass is 9.92. The highest BCUT2D eigenvalue weighted by Gasteiger charge is 2.25. The second kappa shape index (κ2) is 10.4. The number of rotatable bonds is 11. The number of hydrogen-bond acceptors (Lipinski definition) is 5. The Morgan fingerprint density at radius 3 is 2.83 bits per heavy atom. The van der Waals surface area contributed by atoms with Gasteiger partial charge in [-0.15, -0.1) is 0 Å². The summed E-state index contributed by atoms with van der Waals surface area (Å²) in [6.07, 6.45) is 10.3. The molecule has 2 N–H and O–H groups in total. The van der Waals surface area contributed by atoms with Crippen molar-refractivity contribution >= 4 is 23.8 Å². The smallest absolute Gasteiger partial charge is 0.229 e. The molecular weight excluding hydrogens is 403 g/mol. The van der Waals surface area contributed by atoms with Gasteiger partial charge in [0, 0.05) is 22.8 Å². The fourth-order valence-corrected chi connectivity index (χ4v) is 4.00. The third kappa shape index (κ3) is 7.43. The number of halogens is 1. The minimum atomic E-state index is -0.324. The average Bonchev–Trinajstić information content (AvgIpc) is 3.52. The van der Waals surface area contributed by atoms with E-state index in [4.69, 9.17) is 4.74 Å². The number of carbonyl (C=O) groups is 2. The molecule has 0 bridgehead atoms. The number of unbranched alkanes of at least 4 members (excludes halogenated alkanes) is 1. The van der Waals surface area contributed by atoms with E-state index in [9.17, 15) is 14.0 Å². The van der Waals surface area contributed by atoms with Crippen molar-refractivity contribution in [2.75, 3.05) is 6.61 Å². The Bertz CT molecular complexity index is 793. The Labute approximate surface area is 182 Å². The summed E-state index contributed by atoms with van der Waals surface area (Å²) in [6.45, 7) is 4.74. The van der Waals surface area contributed by atoms with E-state index < -0.39 is 0 Å². The largest absolute Gasteiger partial charge is 0.490 e. The first kappa shape index (κ1) is 22.8. The predicted octanol–water partition coefficient (Wildman–Crippen LogP) is 4.77. The molecule has 30 heavy (non-hydrogen) atoms. The first-order chi connectivity index (χ1) is 14.3. The van der Waals surface area contributed by atoms with Crippen molar-refractivity contribution in [1.82, 2.24) is 10.0 Å². The first-order valence-electron chi connectivity index (χ1n) is 10.7. The molecule has 0 radical (unpaired) electrons. The number of ether oxygens (including phenoxy) is 1. The summed E-state index contributed by atoms with van der Waals surface area (Å²) < 4.78 is 22.9. The second-order valence-corrected chi connectivity index (χ2v) is 9.63. The van der Waals surface area contributed by atoms with Crippen LogP contribution in [0.4, 0.5) is 4.39 Å². The van der Waals surface area contributed by atoms with Gasteiger partial charge in [0.2, 0.25) is 11.8 Å². The Morgan fingerprint density at radius 1 is 1.30 bits per heavy atom. The van der Waals surface area contributed by atoms with Gasteiger partial charge in [-0.2, -0.15) is 0 Å². The lowest BCUT2D eigenvalue weighted by Gasteiger charge is -2.22. The molecule has 1 aliphatic heterocycles. The maximum Gasteiger partial charge on any atom is 0.229 e. The van der Waals surface area contributed by atoms with Crippen LogP contribution in [0.15, 0.2) is 35.2 Å². The van der Waals surface area contributed by atoms with Gasteiger partial charge in [-0.05, 0) is 88.4 Å². The monoisotopic (exact) mass is 434 g/mol. The van der Waals surface area contributed by atoms with Crippen molar-refractivity contribution in [2.24, 2.45) is 11.8 Å². The number of carbonyl (C=O) groups excluding carboxylic acids is 2. The maximum absolute atomic E-state index is 13.9. The van der Waals surface area contributed by atoms with Crippen LogP contribution in [0.5, 0.6) is 5.75 Å². The number of amides is 2. The number of hydrogen-bond donors (Lipinski definition) is 2. The number of imide groups is 1. The van der Waals surface area contributed by atoms with Gasteiger partial charge in [0.15, 0.2) is 11.6 Å². The van der Waals surface area contributed by atoms with Crippen LogP contribution in [0.3, 0.4) is 0 Å². The fraction of sp³-hybridized carbons (Fsp3) is 0.565. The highest BCUT2D eigenvalue weighted by molar-refractivity contribution is 7.97. The molecule has 2 fully saturated rings. The van der Waals surface area contributed by atoms with Crippen molar-refractivity contribution in [3.05, 3.63) is 36.2 Å². The molecule has 7 heteroatoms. The van der Waals surface area contributed by atoms with Crippen molar-refractivity contribution < 1.29 is 18.7 Å². The Hall–Kier alpha value is -1.86. The Morgan fingerprint density at radius 2 is 2.10 bits per heavy atom. The molecule has 1 heterocycles. The van der Waals surface area contributed by atoms with Crippen molar-refractivity contribution in [2.45, 2.75) is 69.2 Å². The normalized spacial score (nSPS) is 19.9. The molecule has 2 aliphatic rings. The Kier molecular flexibility index (Phi) is 7.94. The molecule has 1 saturated carbocycles. The van der Waals surface area contributed by atoms with Gasteiger partial charge in [-0.25, -0.2) is 4.39 Å². The van der Waals surface area contributed by atoms with E-state index in [2.05, 4.69) is 36.0 Å². The summed E-state index contributed by atoms with van der Waals surface area (Å²) in [5.74, 6) is 0.230. The highest BCUT2D eigenvalue weighted by Crippen LogP contribution is 2.31. The van der Waals surface area contributed by atoms with E-state index in [1.807, 2.05) is 0 Å². The van der Waals surface area contributed by atoms with Crippen LogP contribution in [-0.4, -0.2) is 24.0 Å². The lowest BCUT2D eigenvalue weighted by Crippen LogP contribution is -2.40. The van der Waals surface area contributed by atoms with Crippen molar-refractivity contribution in [1.29, 1.82) is 0 Å². The van der Waals surface area contributed by atoms with Gasteiger partial charge in [0.05, 0.1) is 6.61 Å². The molecule has 0 spiro atoms. The molecule has 164 valence electrons. The SMILES string of the molecule is CC(C)(/C=C/CCCC1CCC(=O)NC1=O)NSc1ccc(F)c(OCC2CC2)c1. The summed E-state index contributed by atoms with van der Waals surface area (Å²) in [6, 6.07) is 4.94. The van der Waals surface area contributed by atoms with Crippen molar-refractivity contribution in [3.8, 4) is 5.75 Å². The van der Waals surface area contributed by atoms with Crippen LogP contribution in [0.2, 0.25) is 0 Å². The first-order valence-corrected chi connectivity index (χ1v) is 11.5. The number of benzene rings is 1.